The van der Waals surface area contributed by atoms with Crippen LogP contribution in [0.3, 0.4) is 0 Å². The zero-order valence-electron chi connectivity index (χ0n) is 10.8. The van der Waals surface area contributed by atoms with Crippen LogP contribution in [0.25, 0.3) is 10.4 Å². The molecular formula is C13H19N3S. The number of aromatic nitrogens is 2. The van der Waals surface area contributed by atoms with Crippen molar-refractivity contribution in [2.45, 2.75) is 26.3 Å². The molecule has 2 aromatic rings. The first-order chi connectivity index (χ1) is 8.11. The lowest BCUT2D eigenvalue weighted by Gasteiger charge is -2.02. The lowest BCUT2D eigenvalue weighted by molar-refractivity contribution is 0.713. The molecule has 0 saturated carbocycles. The molecule has 0 unspecified atom stereocenters. The van der Waals surface area contributed by atoms with Crippen molar-refractivity contribution in [3.05, 3.63) is 28.9 Å². The van der Waals surface area contributed by atoms with Gasteiger partial charge >= 0.3 is 0 Å². The number of thiophene rings is 1. The van der Waals surface area contributed by atoms with Gasteiger partial charge in [0, 0.05) is 30.2 Å². The summed E-state index contributed by atoms with van der Waals surface area (Å²) in [6.07, 6.45) is 2.12. The molecule has 4 heteroatoms. The number of nitrogens with zero attached hydrogens (tertiary/aromatic N) is 2. The van der Waals surface area contributed by atoms with Crippen LogP contribution in [-0.2, 0) is 13.6 Å². The van der Waals surface area contributed by atoms with Crippen LogP contribution < -0.4 is 5.32 Å². The number of aryl methyl sites for hydroxylation is 1. The average molecular weight is 249 g/mol. The lowest BCUT2D eigenvalue weighted by atomic mass is 10.1. The molecule has 0 spiro atoms. The van der Waals surface area contributed by atoms with Gasteiger partial charge in [-0.2, -0.15) is 5.10 Å². The van der Waals surface area contributed by atoms with E-state index in [-0.39, 0.29) is 0 Å². The fourth-order valence-corrected chi connectivity index (χ4v) is 2.87. The quantitative estimate of drug-likeness (QED) is 0.902. The van der Waals surface area contributed by atoms with Crippen LogP contribution in [0.2, 0.25) is 0 Å². The summed E-state index contributed by atoms with van der Waals surface area (Å²) < 4.78 is 1.90. The van der Waals surface area contributed by atoms with Gasteiger partial charge in [-0.15, -0.1) is 11.3 Å². The molecule has 0 aromatic carbocycles. The molecule has 0 fully saturated rings. The smallest absolute Gasteiger partial charge is 0.0736 e. The van der Waals surface area contributed by atoms with E-state index in [0.717, 1.165) is 6.54 Å². The van der Waals surface area contributed by atoms with Crippen LogP contribution in [0.1, 0.15) is 31.0 Å². The van der Waals surface area contributed by atoms with Gasteiger partial charge in [-0.1, -0.05) is 13.8 Å². The zero-order chi connectivity index (χ0) is 12.4. The maximum atomic E-state index is 4.55. The lowest BCUT2D eigenvalue weighted by Crippen LogP contribution is -2.03. The van der Waals surface area contributed by atoms with Gasteiger partial charge in [0.2, 0.25) is 0 Å². The van der Waals surface area contributed by atoms with Crippen LogP contribution in [0.5, 0.6) is 0 Å². The highest BCUT2D eigenvalue weighted by Gasteiger charge is 2.14. The minimum Gasteiger partial charge on any atom is -0.316 e. The van der Waals surface area contributed by atoms with E-state index in [0.29, 0.717) is 5.92 Å². The molecule has 17 heavy (non-hydrogen) atoms. The Hall–Kier alpha value is -1.13. The number of nitrogens with one attached hydrogen (secondary N) is 1. The van der Waals surface area contributed by atoms with Gasteiger partial charge in [-0.05, 0) is 30.0 Å². The molecule has 0 saturated heterocycles. The minimum atomic E-state index is 0.459. The monoisotopic (exact) mass is 249 g/mol. The summed E-state index contributed by atoms with van der Waals surface area (Å²) in [5.41, 5.74) is 3.80. The third kappa shape index (κ3) is 2.58. The Morgan fingerprint density at radius 1 is 1.47 bits per heavy atom. The van der Waals surface area contributed by atoms with E-state index in [1.165, 1.54) is 21.7 Å². The van der Waals surface area contributed by atoms with Gasteiger partial charge in [0.15, 0.2) is 0 Å². The Balaban J connectivity index is 2.37. The maximum Gasteiger partial charge on any atom is 0.0736 e. The van der Waals surface area contributed by atoms with Crippen LogP contribution in [0.4, 0.5) is 0 Å². The molecular weight excluding hydrogens is 230 g/mol. The molecule has 0 atom stereocenters. The van der Waals surface area contributed by atoms with E-state index in [4.69, 9.17) is 0 Å². The van der Waals surface area contributed by atoms with Crippen molar-refractivity contribution in [2.24, 2.45) is 7.05 Å². The van der Waals surface area contributed by atoms with E-state index in [1.54, 1.807) is 11.3 Å². The fourth-order valence-electron chi connectivity index (χ4n) is 1.94. The van der Waals surface area contributed by atoms with E-state index in [2.05, 4.69) is 41.9 Å². The molecule has 0 radical (unpaired) electrons. The summed E-state index contributed by atoms with van der Waals surface area (Å²) in [6, 6.07) is 2.25. The van der Waals surface area contributed by atoms with Gasteiger partial charge in [0.1, 0.15) is 0 Å². The standard InChI is InChI=1S/C13H19N3S/c1-9(2)13-11(7-16(4)15-13)12-5-10(6-14-3)8-17-12/h5,7-9,14H,6H2,1-4H3. The molecule has 0 aliphatic rings. The van der Waals surface area contributed by atoms with Crippen LogP contribution >= 0.6 is 11.3 Å². The van der Waals surface area contributed by atoms with Gasteiger partial charge in [0.05, 0.1) is 5.69 Å². The molecule has 0 aliphatic carbocycles. The molecule has 1 N–H and O–H groups in total. The predicted octanol–water partition coefficient (Wildman–Crippen LogP) is 2.99. The first-order valence-electron chi connectivity index (χ1n) is 5.87. The Morgan fingerprint density at radius 2 is 2.24 bits per heavy atom. The minimum absolute atomic E-state index is 0.459. The Labute approximate surface area is 106 Å². The summed E-state index contributed by atoms with van der Waals surface area (Å²) in [5.74, 6) is 0.459. The highest BCUT2D eigenvalue weighted by molar-refractivity contribution is 7.13. The van der Waals surface area contributed by atoms with Crippen LogP contribution in [0.15, 0.2) is 17.6 Å². The zero-order valence-corrected chi connectivity index (χ0v) is 11.6. The summed E-state index contributed by atoms with van der Waals surface area (Å²) in [5, 5.41) is 9.94. The Bertz CT molecular complexity index is 496. The third-order valence-corrected chi connectivity index (χ3v) is 3.72. The van der Waals surface area contributed by atoms with Crippen molar-refractivity contribution >= 4 is 11.3 Å². The highest BCUT2D eigenvalue weighted by Crippen LogP contribution is 2.32. The second-order valence-corrected chi connectivity index (χ2v) is 5.52. The molecule has 2 rings (SSSR count). The molecule has 0 amide bonds. The van der Waals surface area contributed by atoms with E-state index < -0.39 is 0 Å². The Morgan fingerprint density at radius 3 is 2.88 bits per heavy atom. The molecule has 2 aromatic heterocycles. The first-order valence-corrected chi connectivity index (χ1v) is 6.75. The maximum absolute atomic E-state index is 4.55. The average Bonchev–Trinajstić information content (AvgIpc) is 2.85. The van der Waals surface area contributed by atoms with E-state index in [9.17, 15) is 0 Å². The number of hydrogen-bond acceptors (Lipinski definition) is 3. The molecule has 3 nitrogen and oxygen atoms in total. The summed E-state index contributed by atoms with van der Waals surface area (Å²) in [7, 11) is 3.96. The molecule has 2 heterocycles. The van der Waals surface area contributed by atoms with Crippen molar-refractivity contribution in [2.75, 3.05) is 7.05 Å². The van der Waals surface area contributed by atoms with E-state index in [1.807, 2.05) is 18.8 Å². The molecule has 92 valence electrons. The first kappa shape index (κ1) is 12.3. The van der Waals surface area contributed by atoms with Crippen LogP contribution in [0, 0.1) is 0 Å². The van der Waals surface area contributed by atoms with Crippen molar-refractivity contribution in [1.82, 2.24) is 15.1 Å². The van der Waals surface area contributed by atoms with Crippen molar-refractivity contribution < 1.29 is 0 Å². The SMILES string of the molecule is CNCc1csc(-c2cn(C)nc2C(C)C)c1. The molecule has 0 bridgehead atoms. The topological polar surface area (TPSA) is 29.9 Å². The van der Waals surface area contributed by atoms with Crippen molar-refractivity contribution in [3.63, 3.8) is 0 Å². The van der Waals surface area contributed by atoms with Crippen LogP contribution in [-0.4, -0.2) is 16.8 Å². The summed E-state index contributed by atoms with van der Waals surface area (Å²) in [4.78, 5) is 1.31. The second kappa shape index (κ2) is 5.02. The predicted molar refractivity (Wildman–Crippen MR) is 73.4 cm³/mol. The normalized spacial score (nSPS) is 11.4. The summed E-state index contributed by atoms with van der Waals surface area (Å²) >= 11 is 1.79. The van der Waals surface area contributed by atoms with Gasteiger partial charge < -0.3 is 5.32 Å². The number of hydrogen-bond donors (Lipinski definition) is 1. The second-order valence-electron chi connectivity index (χ2n) is 4.61. The van der Waals surface area contributed by atoms with Crippen molar-refractivity contribution in [1.29, 1.82) is 0 Å². The van der Waals surface area contributed by atoms with Gasteiger partial charge in [-0.3, -0.25) is 4.68 Å². The van der Waals surface area contributed by atoms with Gasteiger partial charge in [-0.25, -0.2) is 0 Å². The summed E-state index contributed by atoms with van der Waals surface area (Å²) in [6.45, 7) is 5.30. The van der Waals surface area contributed by atoms with Crippen molar-refractivity contribution in [3.8, 4) is 10.4 Å². The van der Waals surface area contributed by atoms with Gasteiger partial charge in [0.25, 0.3) is 0 Å². The largest absolute Gasteiger partial charge is 0.316 e. The number of rotatable bonds is 4. The van der Waals surface area contributed by atoms with E-state index >= 15 is 0 Å². The Kier molecular flexibility index (Phi) is 3.64. The molecule has 0 aliphatic heterocycles. The third-order valence-electron chi connectivity index (χ3n) is 2.70. The highest BCUT2D eigenvalue weighted by atomic mass is 32.1. The fraction of sp³-hybridized carbons (Fsp3) is 0.462.